The van der Waals surface area contributed by atoms with Gasteiger partial charge in [-0.25, -0.2) is 10.2 Å². The molecule has 1 aliphatic heterocycles. The minimum absolute atomic E-state index is 0.255. The predicted octanol–water partition coefficient (Wildman–Crippen LogP) is 1.47. The van der Waals surface area contributed by atoms with Gasteiger partial charge in [0.2, 0.25) is 6.79 Å². The summed E-state index contributed by atoms with van der Waals surface area (Å²) < 4.78 is 10.5. The first-order chi connectivity index (χ1) is 8.65. The van der Waals surface area contributed by atoms with E-state index in [1.54, 1.807) is 13.0 Å². The van der Waals surface area contributed by atoms with Crippen LogP contribution in [-0.4, -0.2) is 18.5 Å². The Kier molecular flexibility index (Phi) is 3.47. The van der Waals surface area contributed by atoms with Crippen LogP contribution in [0.2, 0.25) is 0 Å². The highest BCUT2D eigenvalue weighted by Crippen LogP contribution is 2.32. The fourth-order valence-electron chi connectivity index (χ4n) is 1.41. The molecule has 18 heavy (non-hydrogen) atoms. The third-order valence-corrected chi connectivity index (χ3v) is 2.26. The van der Waals surface area contributed by atoms with Crippen molar-refractivity contribution >= 4 is 17.8 Å². The number of amides is 2. The number of rotatable bonds is 3. The Morgan fingerprint density at radius 1 is 1.44 bits per heavy atom. The standard InChI is InChI=1S/C12H13N3O3/c1-8(14-15-12(13)16)2-3-9-4-5-10-11(6-9)18-7-17-10/h2-6H,7H2,1H3,(H3,13,15,16)/b3-2-,14-8-. The van der Waals surface area contributed by atoms with Crippen molar-refractivity contribution in [3.8, 4) is 11.5 Å². The average molecular weight is 247 g/mol. The smallest absolute Gasteiger partial charge is 0.332 e. The molecule has 0 atom stereocenters. The lowest BCUT2D eigenvalue weighted by atomic mass is 10.2. The number of nitrogens with zero attached hydrogens (tertiary/aromatic N) is 1. The highest BCUT2D eigenvalue weighted by Gasteiger charge is 2.11. The Balaban J connectivity index is 2.05. The summed E-state index contributed by atoms with van der Waals surface area (Å²) in [6, 6.07) is 4.92. The number of carbonyl (C=O) groups is 1. The first-order valence-electron chi connectivity index (χ1n) is 5.32. The van der Waals surface area contributed by atoms with E-state index in [-0.39, 0.29) is 6.79 Å². The van der Waals surface area contributed by atoms with Crippen molar-refractivity contribution in [2.45, 2.75) is 6.92 Å². The summed E-state index contributed by atoms with van der Waals surface area (Å²) in [7, 11) is 0. The molecule has 1 aromatic rings. The topological polar surface area (TPSA) is 85.9 Å². The average Bonchev–Trinajstić information content (AvgIpc) is 2.81. The van der Waals surface area contributed by atoms with Crippen molar-refractivity contribution < 1.29 is 14.3 Å². The van der Waals surface area contributed by atoms with Gasteiger partial charge in [0.05, 0.1) is 5.71 Å². The molecule has 0 bridgehead atoms. The van der Waals surface area contributed by atoms with Crippen LogP contribution >= 0.6 is 0 Å². The maximum absolute atomic E-state index is 10.5. The molecule has 2 rings (SSSR count). The lowest BCUT2D eigenvalue weighted by Crippen LogP contribution is -2.25. The third kappa shape index (κ3) is 3.00. The van der Waals surface area contributed by atoms with Gasteiger partial charge in [-0.3, -0.25) is 0 Å². The zero-order chi connectivity index (χ0) is 13.0. The minimum atomic E-state index is -0.689. The van der Waals surface area contributed by atoms with Crippen LogP contribution in [0.1, 0.15) is 12.5 Å². The van der Waals surface area contributed by atoms with Crippen molar-refractivity contribution in [2.75, 3.05) is 6.79 Å². The molecule has 0 aromatic heterocycles. The predicted molar refractivity (Wildman–Crippen MR) is 67.4 cm³/mol. The van der Waals surface area contributed by atoms with Crippen molar-refractivity contribution in [3.05, 3.63) is 29.8 Å². The van der Waals surface area contributed by atoms with Gasteiger partial charge in [0.25, 0.3) is 0 Å². The number of nitrogens with one attached hydrogen (secondary N) is 1. The molecule has 6 nitrogen and oxygen atoms in total. The summed E-state index contributed by atoms with van der Waals surface area (Å²) in [5, 5.41) is 3.76. The number of fused-ring (bicyclic) bond motifs is 1. The Hall–Kier alpha value is -2.50. The zero-order valence-electron chi connectivity index (χ0n) is 9.84. The van der Waals surface area contributed by atoms with Crippen LogP contribution in [-0.2, 0) is 0 Å². The number of ether oxygens (including phenoxy) is 2. The number of benzene rings is 1. The summed E-state index contributed by atoms with van der Waals surface area (Å²) in [6.45, 7) is 2.00. The van der Waals surface area contributed by atoms with Crippen LogP contribution in [0, 0.1) is 0 Å². The number of urea groups is 1. The van der Waals surface area contributed by atoms with E-state index in [4.69, 9.17) is 15.2 Å². The molecular weight excluding hydrogens is 234 g/mol. The number of primary amides is 1. The first kappa shape index (κ1) is 12.0. The van der Waals surface area contributed by atoms with Gasteiger partial charge in [0.15, 0.2) is 11.5 Å². The fraction of sp³-hybridized carbons (Fsp3) is 0.167. The van der Waals surface area contributed by atoms with E-state index in [1.807, 2.05) is 24.3 Å². The van der Waals surface area contributed by atoms with E-state index >= 15 is 0 Å². The second-order valence-corrected chi connectivity index (χ2v) is 3.68. The van der Waals surface area contributed by atoms with Gasteiger partial charge in [-0.05, 0) is 30.7 Å². The first-order valence-corrected chi connectivity index (χ1v) is 5.32. The van der Waals surface area contributed by atoms with Gasteiger partial charge in [-0.15, -0.1) is 0 Å². The van der Waals surface area contributed by atoms with E-state index in [1.165, 1.54) is 0 Å². The molecule has 1 aromatic carbocycles. The molecule has 0 saturated heterocycles. The Bertz CT molecular complexity index is 523. The van der Waals surface area contributed by atoms with Gasteiger partial charge in [-0.2, -0.15) is 5.10 Å². The molecule has 0 radical (unpaired) electrons. The number of nitrogens with two attached hydrogens (primary N) is 1. The maximum Gasteiger partial charge on any atom is 0.332 e. The Labute approximate surface area is 104 Å². The highest BCUT2D eigenvalue weighted by atomic mass is 16.7. The number of allylic oxidation sites excluding steroid dienone is 1. The summed E-state index contributed by atoms with van der Waals surface area (Å²) in [6.07, 6.45) is 3.61. The third-order valence-electron chi connectivity index (χ3n) is 2.26. The second kappa shape index (κ2) is 5.22. The summed E-state index contributed by atoms with van der Waals surface area (Å²) >= 11 is 0. The molecule has 6 heteroatoms. The molecule has 0 aliphatic carbocycles. The van der Waals surface area contributed by atoms with Crippen LogP contribution in [0.5, 0.6) is 11.5 Å². The molecule has 0 unspecified atom stereocenters. The van der Waals surface area contributed by atoms with Crippen LogP contribution in [0.25, 0.3) is 6.08 Å². The van der Waals surface area contributed by atoms with Crippen LogP contribution in [0.15, 0.2) is 29.4 Å². The number of hydrogen-bond donors (Lipinski definition) is 2. The Morgan fingerprint density at radius 2 is 2.22 bits per heavy atom. The van der Waals surface area contributed by atoms with Crippen LogP contribution in [0.4, 0.5) is 4.79 Å². The second-order valence-electron chi connectivity index (χ2n) is 3.68. The van der Waals surface area contributed by atoms with Crippen LogP contribution < -0.4 is 20.6 Å². The molecule has 3 N–H and O–H groups in total. The monoisotopic (exact) mass is 247 g/mol. The summed E-state index contributed by atoms with van der Waals surface area (Å²) in [5.74, 6) is 1.47. The SMILES string of the molecule is CC(/C=C\c1ccc2c(c1)OCO2)=N/NC(N)=O. The van der Waals surface area contributed by atoms with E-state index in [0.717, 1.165) is 17.1 Å². The number of hydrazone groups is 1. The maximum atomic E-state index is 10.5. The molecule has 0 saturated carbocycles. The number of hydrogen-bond acceptors (Lipinski definition) is 4. The van der Waals surface area contributed by atoms with Crippen molar-refractivity contribution in [1.82, 2.24) is 5.43 Å². The molecule has 0 fully saturated rings. The van der Waals surface area contributed by atoms with Crippen molar-refractivity contribution in [2.24, 2.45) is 10.8 Å². The van der Waals surface area contributed by atoms with Crippen molar-refractivity contribution in [1.29, 1.82) is 0 Å². The molecule has 1 aliphatic rings. The highest BCUT2D eigenvalue weighted by molar-refractivity contribution is 5.96. The minimum Gasteiger partial charge on any atom is -0.454 e. The molecule has 0 spiro atoms. The molecule has 1 heterocycles. The van der Waals surface area contributed by atoms with Gasteiger partial charge in [0.1, 0.15) is 0 Å². The number of carbonyl (C=O) groups excluding carboxylic acids is 1. The largest absolute Gasteiger partial charge is 0.454 e. The van der Waals surface area contributed by atoms with Gasteiger partial charge in [-0.1, -0.05) is 12.1 Å². The summed E-state index contributed by atoms with van der Waals surface area (Å²) in [4.78, 5) is 10.5. The van der Waals surface area contributed by atoms with E-state index in [9.17, 15) is 4.79 Å². The quantitative estimate of drug-likeness (QED) is 0.626. The molecular formula is C12H13N3O3. The van der Waals surface area contributed by atoms with Crippen molar-refractivity contribution in [3.63, 3.8) is 0 Å². The summed E-state index contributed by atoms with van der Waals surface area (Å²) in [5.41, 5.74) is 8.63. The lowest BCUT2D eigenvalue weighted by molar-refractivity contribution is 0.174. The van der Waals surface area contributed by atoms with E-state index < -0.39 is 6.03 Å². The fourth-order valence-corrected chi connectivity index (χ4v) is 1.41. The van der Waals surface area contributed by atoms with Gasteiger partial charge < -0.3 is 15.2 Å². The lowest BCUT2D eigenvalue weighted by Gasteiger charge is -1.98. The zero-order valence-corrected chi connectivity index (χ0v) is 9.84. The van der Waals surface area contributed by atoms with Crippen LogP contribution in [0.3, 0.4) is 0 Å². The molecule has 94 valence electrons. The van der Waals surface area contributed by atoms with E-state index in [2.05, 4.69) is 10.5 Å². The van der Waals surface area contributed by atoms with Gasteiger partial charge >= 0.3 is 6.03 Å². The van der Waals surface area contributed by atoms with Gasteiger partial charge in [0, 0.05) is 0 Å². The van der Waals surface area contributed by atoms with E-state index in [0.29, 0.717) is 5.71 Å². The Morgan fingerprint density at radius 3 is 3.00 bits per heavy atom. The normalized spacial score (nSPS) is 13.9. The molecule has 2 amide bonds.